The topological polar surface area (TPSA) is 86.8 Å². The van der Waals surface area contributed by atoms with Crippen molar-refractivity contribution < 1.29 is 18.0 Å². The maximum absolute atomic E-state index is 14.0. The third-order valence-electron chi connectivity index (χ3n) is 7.78. The highest BCUT2D eigenvalue weighted by Crippen LogP contribution is 2.42. The van der Waals surface area contributed by atoms with E-state index in [2.05, 4.69) is 28.2 Å². The second-order valence-electron chi connectivity index (χ2n) is 10.8. The van der Waals surface area contributed by atoms with Crippen LogP contribution in [-0.4, -0.2) is 44.3 Å². The summed E-state index contributed by atoms with van der Waals surface area (Å²) in [5.41, 5.74) is 2.49. The van der Waals surface area contributed by atoms with Crippen LogP contribution in [0.5, 0.6) is 0 Å². The highest BCUT2D eigenvalue weighted by atomic mass is 79.9. The molecular formula is C34H36BrN3O4S. The molecule has 0 spiro atoms. The summed E-state index contributed by atoms with van der Waals surface area (Å²) in [7, 11) is -3.71. The summed E-state index contributed by atoms with van der Waals surface area (Å²) in [4.78, 5) is 29.6. The fourth-order valence-electron chi connectivity index (χ4n) is 5.61. The first kappa shape index (κ1) is 30.8. The largest absolute Gasteiger partial charge is 0.354 e. The van der Waals surface area contributed by atoms with Crippen LogP contribution < -0.4 is 9.62 Å². The van der Waals surface area contributed by atoms with Gasteiger partial charge in [-0.3, -0.25) is 13.9 Å². The van der Waals surface area contributed by atoms with Crippen molar-refractivity contribution in [3.63, 3.8) is 0 Å². The van der Waals surface area contributed by atoms with Gasteiger partial charge in [-0.05, 0) is 53.6 Å². The molecule has 9 heteroatoms. The molecule has 0 unspecified atom stereocenters. The number of sulfonamides is 1. The van der Waals surface area contributed by atoms with Crippen LogP contribution in [0.2, 0.25) is 0 Å². The molecule has 1 N–H and O–H groups in total. The summed E-state index contributed by atoms with van der Waals surface area (Å²) >= 11 is 3.52. The van der Waals surface area contributed by atoms with E-state index in [4.69, 9.17) is 0 Å². The van der Waals surface area contributed by atoms with E-state index in [-0.39, 0.29) is 31.3 Å². The molecule has 4 aromatic rings. The van der Waals surface area contributed by atoms with Crippen molar-refractivity contribution in [2.75, 3.05) is 17.4 Å². The van der Waals surface area contributed by atoms with Gasteiger partial charge < -0.3 is 10.2 Å². The summed E-state index contributed by atoms with van der Waals surface area (Å²) in [5.74, 6) is -0.385. The van der Waals surface area contributed by atoms with Gasteiger partial charge in [0.1, 0.15) is 6.04 Å². The lowest BCUT2D eigenvalue weighted by atomic mass is 10.0. The quantitative estimate of drug-likeness (QED) is 0.167. The first-order valence-electron chi connectivity index (χ1n) is 14.7. The Hall–Kier alpha value is -3.69. The number of benzene rings is 4. The molecule has 0 fully saturated rings. The number of hydrogen-bond donors (Lipinski definition) is 1. The van der Waals surface area contributed by atoms with Crippen molar-refractivity contribution in [3.8, 4) is 0 Å². The first-order valence-corrected chi connectivity index (χ1v) is 16.9. The minimum atomic E-state index is -3.71. The van der Waals surface area contributed by atoms with Gasteiger partial charge in [-0.1, -0.05) is 96.0 Å². The number of nitrogens with zero attached hydrogens (tertiary/aromatic N) is 2. The summed E-state index contributed by atoms with van der Waals surface area (Å²) in [6, 6.07) is 27.6. The van der Waals surface area contributed by atoms with Gasteiger partial charge in [-0.25, -0.2) is 8.42 Å². The van der Waals surface area contributed by atoms with Crippen LogP contribution in [0.1, 0.15) is 43.7 Å². The van der Waals surface area contributed by atoms with Crippen molar-refractivity contribution in [1.29, 1.82) is 0 Å². The van der Waals surface area contributed by atoms with Crippen molar-refractivity contribution in [2.24, 2.45) is 0 Å². The molecule has 0 bridgehead atoms. The van der Waals surface area contributed by atoms with Crippen LogP contribution in [0, 0.1) is 0 Å². The standard InChI is InChI=1S/C34H36BrN3O4S/c1-2-3-20-36-34(40)30(23-25-11-5-4-6-12-25)37(24-26-13-7-16-28(35)22-26)32(39)19-10-21-38-29-17-8-14-27-15-9-18-31(33(27)29)43(38,41)42/h4-9,11-18,22,30H,2-3,10,19-21,23-24H2,1H3,(H,36,40)/t30-/m1/s1. The molecule has 4 aromatic carbocycles. The molecular weight excluding hydrogens is 626 g/mol. The van der Waals surface area contributed by atoms with Gasteiger partial charge in [0.05, 0.1) is 10.6 Å². The molecule has 0 radical (unpaired) electrons. The van der Waals surface area contributed by atoms with E-state index in [0.29, 0.717) is 30.0 Å². The minimum absolute atomic E-state index is 0.0971. The summed E-state index contributed by atoms with van der Waals surface area (Å²) in [5, 5.41) is 4.63. The molecule has 43 heavy (non-hydrogen) atoms. The molecule has 0 aromatic heterocycles. The zero-order valence-electron chi connectivity index (χ0n) is 24.2. The highest BCUT2D eigenvalue weighted by Gasteiger charge is 2.36. The lowest BCUT2D eigenvalue weighted by Crippen LogP contribution is -2.50. The van der Waals surface area contributed by atoms with Crippen molar-refractivity contribution in [3.05, 3.63) is 107 Å². The van der Waals surface area contributed by atoms with E-state index >= 15 is 0 Å². The highest BCUT2D eigenvalue weighted by molar-refractivity contribution is 9.10. The Balaban J connectivity index is 1.39. The Labute approximate surface area is 262 Å². The van der Waals surface area contributed by atoms with Crippen molar-refractivity contribution >= 4 is 54.2 Å². The van der Waals surface area contributed by atoms with E-state index in [0.717, 1.165) is 39.2 Å². The Kier molecular flexibility index (Phi) is 9.82. The number of halogens is 1. The molecule has 5 rings (SSSR count). The SMILES string of the molecule is CCCCNC(=O)[C@@H](Cc1ccccc1)N(Cc1cccc(Br)c1)C(=O)CCCN1c2cccc3cccc(c23)S1(=O)=O. The third-order valence-corrected chi connectivity index (χ3v) is 10.1. The molecule has 1 heterocycles. The van der Waals surface area contributed by atoms with Gasteiger partial charge in [-0.15, -0.1) is 0 Å². The molecule has 1 aliphatic rings. The Morgan fingerprint density at radius 1 is 0.907 bits per heavy atom. The van der Waals surface area contributed by atoms with E-state index in [1.165, 1.54) is 4.31 Å². The molecule has 0 aliphatic carbocycles. The second-order valence-corrected chi connectivity index (χ2v) is 13.6. The van der Waals surface area contributed by atoms with Crippen LogP contribution in [0.4, 0.5) is 5.69 Å². The van der Waals surface area contributed by atoms with Crippen LogP contribution in [0.25, 0.3) is 10.8 Å². The van der Waals surface area contributed by atoms with Crippen LogP contribution >= 0.6 is 15.9 Å². The fourth-order valence-corrected chi connectivity index (χ4v) is 7.80. The predicted octanol–water partition coefficient (Wildman–Crippen LogP) is 6.45. The van der Waals surface area contributed by atoms with Gasteiger partial charge in [0, 0.05) is 42.3 Å². The number of amides is 2. The summed E-state index contributed by atoms with van der Waals surface area (Å²) < 4.78 is 29.2. The van der Waals surface area contributed by atoms with Gasteiger partial charge in [0.25, 0.3) is 10.0 Å². The Morgan fingerprint density at radius 2 is 1.63 bits per heavy atom. The van der Waals surface area contributed by atoms with Crippen molar-refractivity contribution in [1.82, 2.24) is 10.2 Å². The normalized spacial score (nSPS) is 14.0. The number of carbonyl (C=O) groups excluding carboxylic acids is 2. The third kappa shape index (κ3) is 6.94. The van der Waals surface area contributed by atoms with Gasteiger partial charge in [-0.2, -0.15) is 0 Å². The molecule has 1 atom stereocenters. The zero-order chi connectivity index (χ0) is 30.4. The number of unbranched alkanes of at least 4 members (excludes halogenated alkanes) is 1. The molecule has 2 amide bonds. The maximum atomic E-state index is 14.0. The maximum Gasteiger partial charge on any atom is 0.265 e. The lowest BCUT2D eigenvalue weighted by Gasteiger charge is -2.32. The molecule has 224 valence electrons. The van der Waals surface area contributed by atoms with Crippen LogP contribution in [0.3, 0.4) is 0 Å². The number of anilines is 1. The molecule has 7 nitrogen and oxygen atoms in total. The van der Waals surface area contributed by atoms with Gasteiger partial charge in [0.2, 0.25) is 11.8 Å². The summed E-state index contributed by atoms with van der Waals surface area (Å²) in [6.45, 7) is 3.02. The van der Waals surface area contributed by atoms with Crippen LogP contribution in [-0.2, 0) is 32.6 Å². The van der Waals surface area contributed by atoms with E-state index in [1.807, 2.05) is 78.9 Å². The zero-order valence-corrected chi connectivity index (χ0v) is 26.6. The van der Waals surface area contributed by atoms with Crippen molar-refractivity contribution in [2.45, 2.75) is 56.5 Å². The average Bonchev–Trinajstić information content (AvgIpc) is 3.22. The number of nitrogens with one attached hydrogen (secondary N) is 1. The van der Waals surface area contributed by atoms with Gasteiger partial charge >= 0.3 is 0 Å². The minimum Gasteiger partial charge on any atom is -0.354 e. The Morgan fingerprint density at radius 3 is 2.37 bits per heavy atom. The predicted molar refractivity (Wildman–Crippen MR) is 174 cm³/mol. The van der Waals surface area contributed by atoms with E-state index in [9.17, 15) is 18.0 Å². The number of hydrogen-bond acceptors (Lipinski definition) is 4. The number of rotatable bonds is 13. The Bertz CT molecular complexity index is 1710. The smallest absolute Gasteiger partial charge is 0.265 e. The fraction of sp³-hybridized carbons (Fsp3) is 0.294. The molecule has 0 saturated heterocycles. The summed E-state index contributed by atoms with van der Waals surface area (Å²) in [6.07, 6.45) is 2.58. The van der Waals surface area contributed by atoms with E-state index < -0.39 is 16.1 Å². The van der Waals surface area contributed by atoms with E-state index in [1.54, 1.807) is 17.0 Å². The van der Waals surface area contributed by atoms with Gasteiger partial charge in [0.15, 0.2) is 0 Å². The number of carbonyl (C=O) groups is 2. The van der Waals surface area contributed by atoms with Crippen LogP contribution in [0.15, 0.2) is 100 Å². The lowest BCUT2D eigenvalue weighted by molar-refractivity contribution is -0.141. The monoisotopic (exact) mass is 661 g/mol. The second kappa shape index (κ2) is 13.7. The molecule has 0 saturated carbocycles. The first-order chi connectivity index (χ1) is 20.8. The molecule has 1 aliphatic heterocycles. The average molecular weight is 663 g/mol.